The number of carbonyl (C=O) groups is 2. The number of carbonyl (C=O) groups excluding carboxylic acids is 2. The second-order valence-corrected chi connectivity index (χ2v) is 6.98. The van der Waals surface area contributed by atoms with Gasteiger partial charge in [-0.3, -0.25) is 4.79 Å². The van der Waals surface area contributed by atoms with Gasteiger partial charge >= 0.3 is 6.03 Å². The molecule has 1 saturated carbocycles. The molecule has 3 atom stereocenters. The minimum Gasteiger partial charge on any atom is -0.460 e. The number of urea groups is 1. The topological polar surface area (TPSA) is 74.9 Å². The van der Waals surface area contributed by atoms with Crippen molar-refractivity contribution in [3.63, 3.8) is 0 Å². The normalized spacial score (nSPS) is 28.0. The van der Waals surface area contributed by atoms with Crippen LogP contribution in [0.4, 0.5) is 4.79 Å². The largest absolute Gasteiger partial charge is 0.460 e. The predicted molar refractivity (Wildman–Crippen MR) is 96.6 cm³/mol. The van der Waals surface area contributed by atoms with Crippen molar-refractivity contribution in [1.29, 1.82) is 0 Å². The highest BCUT2D eigenvalue weighted by Gasteiger charge is 2.51. The van der Waals surface area contributed by atoms with Crippen LogP contribution in [0.5, 0.6) is 0 Å². The summed E-state index contributed by atoms with van der Waals surface area (Å²) in [5.41, 5.74) is -0.324. The summed E-state index contributed by atoms with van der Waals surface area (Å²) in [6.07, 6.45) is 3.00. The number of furan rings is 1. The quantitative estimate of drug-likeness (QED) is 0.661. The van der Waals surface area contributed by atoms with Gasteiger partial charge in [0.2, 0.25) is 0 Å². The average Bonchev–Trinajstić information content (AvgIpc) is 3.10. The van der Waals surface area contributed by atoms with Gasteiger partial charge < -0.3 is 9.73 Å². The molecule has 2 aliphatic rings. The van der Waals surface area contributed by atoms with Gasteiger partial charge in [0.05, 0.1) is 6.21 Å². The molecule has 6 nitrogen and oxygen atoms in total. The van der Waals surface area contributed by atoms with Gasteiger partial charge in [0.15, 0.2) is 0 Å². The van der Waals surface area contributed by atoms with E-state index in [4.69, 9.17) is 4.42 Å². The maximum absolute atomic E-state index is 13.0. The fourth-order valence-corrected chi connectivity index (χ4v) is 3.50. The lowest BCUT2D eigenvalue weighted by molar-refractivity contribution is -0.131. The van der Waals surface area contributed by atoms with Crippen molar-refractivity contribution in [2.45, 2.75) is 38.1 Å². The Kier molecular flexibility index (Phi) is 3.90. The van der Waals surface area contributed by atoms with E-state index in [2.05, 4.69) is 17.3 Å². The Labute approximate surface area is 151 Å². The van der Waals surface area contributed by atoms with Crippen LogP contribution in [0.3, 0.4) is 0 Å². The van der Waals surface area contributed by atoms with Crippen molar-refractivity contribution in [2.75, 3.05) is 0 Å². The molecular weight excluding hydrogens is 330 g/mol. The molecule has 1 aliphatic heterocycles. The molecular formula is C20H21N3O3. The standard InChI is InChI=1S/C20H21N3O3/c1-3-20(14-7-5-4-6-8-14)18(24)23(19(25)22-20)21-12-15-9-10-17(26-15)16-11-13(16)2/h4-10,12-13,16H,3,11H2,1-2H3,(H,22,25)/b21-12-/t13-,16+,20-/m0/s1. The highest BCUT2D eigenvalue weighted by molar-refractivity contribution is 6.07. The molecule has 3 amide bonds. The van der Waals surface area contributed by atoms with Gasteiger partial charge in [-0.1, -0.05) is 44.2 Å². The van der Waals surface area contributed by atoms with Gasteiger partial charge in [-0.2, -0.15) is 5.10 Å². The molecule has 2 heterocycles. The third-order valence-electron chi connectivity index (χ3n) is 5.29. The summed E-state index contributed by atoms with van der Waals surface area (Å²) in [5, 5.41) is 7.78. The van der Waals surface area contributed by atoms with E-state index in [0.717, 1.165) is 22.8 Å². The van der Waals surface area contributed by atoms with E-state index in [1.54, 1.807) is 0 Å². The molecule has 1 aliphatic carbocycles. The Balaban J connectivity index is 1.56. The van der Waals surface area contributed by atoms with Crippen molar-refractivity contribution in [2.24, 2.45) is 11.0 Å². The first-order valence-corrected chi connectivity index (χ1v) is 8.91. The van der Waals surface area contributed by atoms with Gasteiger partial charge in [0.1, 0.15) is 17.1 Å². The van der Waals surface area contributed by atoms with E-state index in [1.807, 2.05) is 49.4 Å². The predicted octanol–water partition coefficient (Wildman–Crippen LogP) is 3.59. The Bertz CT molecular complexity index is 873. The number of nitrogens with zero attached hydrogens (tertiary/aromatic N) is 2. The lowest BCUT2D eigenvalue weighted by atomic mass is 9.87. The van der Waals surface area contributed by atoms with Crippen LogP contribution in [-0.2, 0) is 10.3 Å². The van der Waals surface area contributed by atoms with Crippen LogP contribution >= 0.6 is 0 Å². The fraction of sp³-hybridized carbons (Fsp3) is 0.350. The van der Waals surface area contributed by atoms with Crippen molar-refractivity contribution in [3.05, 3.63) is 59.5 Å². The molecule has 4 rings (SSSR count). The van der Waals surface area contributed by atoms with Gasteiger partial charge in [-0.25, -0.2) is 4.79 Å². The van der Waals surface area contributed by atoms with E-state index in [-0.39, 0.29) is 5.91 Å². The minimum absolute atomic E-state index is 0.380. The van der Waals surface area contributed by atoms with E-state index >= 15 is 0 Å². The highest BCUT2D eigenvalue weighted by atomic mass is 16.3. The molecule has 1 saturated heterocycles. The zero-order valence-corrected chi connectivity index (χ0v) is 14.8. The maximum atomic E-state index is 13.0. The number of hydrogen-bond donors (Lipinski definition) is 1. The third kappa shape index (κ3) is 2.62. The van der Waals surface area contributed by atoms with Crippen LogP contribution in [-0.4, -0.2) is 23.2 Å². The Morgan fingerprint density at radius 3 is 2.65 bits per heavy atom. The number of hydrogen-bond acceptors (Lipinski definition) is 4. The summed E-state index contributed by atoms with van der Waals surface area (Å²) in [6.45, 7) is 4.05. The number of hydrazone groups is 1. The van der Waals surface area contributed by atoms with Crippen LogP contribution in [0.25, 0.3) is 0 Å². The zero-order valence-electron chi connectivity index (χ0n) is 14.8. The lowest BCUT2D eigenvalue weighted by Crippen LogP contribution is -2.43. The number of imide groups is 1. The molecule has 0 spiro atoms. The number of nitrogens with one attached hydrogen (secondary N) is 1. The first kappa shape index (κ1) is 16.6. The molecule has 2 fully saturated rings. The second kappa shape index (κ2) is 6.12. The minimum atomic E-state index is -1.08. The van der Waals surface area contributed by atoms with Crippen molar-refractivity contribution in [3.8, 4) is 0 Å². The number of amides is 3. The summed E-state index contributed by atoms with van der Waals surface area (Å²) in [4.78, 5) is 25.3. The van der Waals surface area contributed by atoms with Crippen molar-refractivity contribution < 1.29 is 14.0 Å². The number of rotatable bonds is 5. The summed E-state index contributed by atoms with van der Waals surface area (Å²) >= 11 is 0. The summed E-state index contributed by atoms with van der Waals surface area (Å²) in [5.74, 6) is 2.21. The molecule has 26 heavy (non-hydrogen) atoms. The van der Waals surface area contributed by atoms with Gasteiger partial charge in [-0.05, 0) is 36.5 Å². The molecule has 0 radical (unpaired) electrons. The Hall–Kier alpha value is -2.89. The maximum Gasteiger partial charge on any atom is 0.346 e. The van der Waals surface area contributed by atoms with Crippen molar-refractivity contribution >= 4 is 18.2 Å². The second-order valence-electron chi connectivity index (χ2n) is 6.98. The molecule has 0 bridgehead atoms. The molecule has 1 aromatic heterocycles. The van der Waals surface area contributed by atoms with Crippen LogP contribution in [0.1, 0.15) is 49.7 Å². The number of benzene rings is 1. The first-order valence-electron chi connectivity index (χ1n) is 8.91. The monoisotopic (exact) mass is 351 g/mol. The van der Waals surface area contributed by atoms with Crippen LogP contribution in [0.2, 0.25) is 0 Å². The summed E-state index contributed by atoms with van der Waals surface area (Å²) in [6, 6.07) is 12.5. The highest BCUT2D eigenvalue weighted by Crippen LogP contribution is 2.47. The fourth-order valence-electron chi connectivity index (χ4n) is 3.50. The smallest absolute Gasteiger partial charge is 0.346 e. The van der Waals surface area contributed by atoms with Gasteiger partial charge in [-0.15, -0.1) is 5.01 Å². The SMILES string of the molecule is CC[C@@]1(c2ccccc2)NC(=O)N(/N=C\c2ccc([C@@H]3C[C@@H]3C)o2)C1=O. The van der Waals surface area contributed by atoms with E-state index in [1.165, 1.54) is 6.21 Å². The van der Waals surface area contributed by atoms with Crippen LogP contribution < -0.4 is 5.32 Å². The van der Waals surface area contributed by atoms with Crippen molar-refractivity contribution in [1.82, 2.24) is 10.3 Å². The molecule has 1 aromatic carbocycles. The van der Waals surface area contributed by atoms with Crippen LogP contribution in [0, 0.1) is 5.92 Å². The van der Waals surface area contributed by atoms with E-state index < -0.39 is 11.6 Å². The van der Waals surface area contributed by atoms with Gasteiger partial charge in [0.25, 0.3) is 5.91 Å². The molecule has 1 N–H and O–H groups in total. The molecule has 134 valence electrons. The average molecular weight is 351 g/mol. The summed E-state index contributed by atoms with van der Waals surface area (Å²) < 4.78 is 5.75. The van der Waals surface area contributed by atoms with E-state index in [9.17, 15) is 9.59 Å². The Morgan fingerprint density at radius 2 is 2.00 bits per heavy atom. The molecule has 0 unspecified atom stereocenters. The molecule has 2 aromatic rings. The van der Waals surface area contributed by atoms with Crippen LogP contribution in [0.15, 0.2) is 52.0 Å². The summed E-state index contributed by atoms with van der Waals surface area (Å²) in [7, 11) is 0. The lowest BCUT2D eigenvalue weighted by Gasteiger charge is -2.24. The first-order chi connectivity index (χ1) is 12.5. The van der Waals surface area contributed by atoms with E-state index in [0.29, 0.717) is 24.0 Å². The Morgan fingerprint density at radius 1 is 1.27 bits per heavy atom. The molecule has 6 heteroatoms. The van der Waals surface area contributed by atoms with Gasteiger partial charge in [0, 0.05) is 5.92 Å². The zero-order chi connectivity index (χ0) is 18.3. The third-order valence-corrected chi connectivity index (χ3v) is 5.29.